The molecule has 11 heteroatoms. The van der Waals surface area contributed by atoms with E-state index < -0.39 is 54.7 Å². The number of hydrogen-bond donors (Lipinski definition) is 3. The van der Waals surface area contributed by atoms with Crippen LogP contribution in [0.4, 0.5) is 0 Å². The van der Waals surface area contributed by atoms with E-state index in [1.807, 2.05) is 33.8 Å². The van der Waals surface area contributed by atoms with Gasteiger partial charge in [-0.25, -0.2) is 0 Å². The number of ether oxygens (including phenoxy) is 3. The number of cyclic esters (lactones) is 1. The molecule has 47 heavy (non-hydrogen) atoms. The quantitative estimate of drug-likeness (QED) is 0.188. The summed E-state index contributed by atoms with van der Waals surface area (Å²) in [7, 11) is 3.59. The van der Waals surface area contributed by atoms with Crippen molar-refractivity contribution in [1.82, 2.24) is 9.80 Å². The topological polar surface area (TPSA) is 129 Å². The highest BCUT2D eigenvalue weighted by Gasteiger charge is 2.47. The molecule has 2 saturated heterocycles. The molecule has 10 nitrogen and oxygen atoms in total. The van der Waals surface area contributed by atoms with Crippen LogP contribution in [0.2, 0.25) is 0 Å². The van der Waals surface area contributed by atoms with Crippen molar-refractivity contribution >= 4 is 34.3 Å². The predicted octanol–water partition coefficient (Wildman–Crippen LogP) is 4.13. The summed E-state index contributed by atoms with van der Waals surface area (Å²) in [4.78, 5) is 31.0. The Morgan fingerprint density at radius 2 is 1.72 bits per heavy atom. The number of alkyl halides is 1. The summed E-state index contributed by atoms with van der Waals surface area (Å²) in [6.07, 6.45) is 4.81. The number of piperidine rings is 1. The van der Waals surface area contributed by atoms with Crippen LogP contribution in [0.5, 0.6) is 0 Å². The zero-order valence-corrected chi connectivity index (χ0v) is 31.8. The first-order valence-electron chi connectivity index (χ1n) is 17.7. The van der Waals surface area contributed by atoms with Crippen molar-refractivity contribution in [3.05, 3.63) is 23.8 Å². The molecule has 0 saturated carbocycles. The van der Waals surface area contributed by atoms with Crippen molar-refractivity contribution in [1.29, 1.82) is 0 Å². The van der Waals surface area contributed by atoms with Gasteiger partial charge in [-0.3, -0.25) is 9.59 Å². The number of esters is 1. The van der Waals surface area contributed by atoms with Crippen LogP contribution in [-0.4, -0.2) is 124 Å². The second-order valence-electron chi connectivity index (χ2n) is 14.4. The Kier molecular flexibility index (Phi) is 16.8. The Labute approximate surface area is 296 Å². The maximum atomic E-state index is 13.5. The molecule has 0 spiro atoms. The summed E-state index contributed by atoms with van der Waals surface area (Å²) < 4.78 is 19.5. The number of aliphatic hydroxyl groups is 3. The molecule has 0 aromatic carbocycles. The fourth-order valence-corrected chi connectivity index (χ4v) is 8.18. The van der Waals surface area contributed by atoms with Crippen LogP contribution in [0, 0.1) is 23.7 Å². The van der Waals surface area contributed by atoms with E-state index in [9.17, 15) is 24.9 Å². The zero-order chi connectivity index (χ0) is 34.8. The Morgan fingerprint density at radius 3 is 2.34 bits per heavy atom. The van der Waals surface area contributed by atoms with E-state index >= 15 is 0 Å². The van der Waals surface area contributed by atoms with Crippen molar-refractivity contribution in [3.63, 3.8) is 0 Å². The molecule has 12 atom stereocenters. The number of rotatable bonds is 8. The summed E-state index contributed by atoms with van der Waals surface area (Å²) in [6.45, 7) is 12.3. The largest absolute Gasteiger partial charge is 0.462 e. The first kappa shape index (κ1) is 40.5. The first-order chi connectivity index (χ1) is 22.3. The van der Waals surface area contributed by atoms with E-state index in [2.05, 4.69) is 33.6 Å². The van der Waals surface area contributed by atoms with Gasteiger partial charge in [-0.15, -0.1) is 0 Å². The molecular weight excluding hydrogens is 715 g/mol. The lowest BCUT2D eigenvalue weighted by molar-refractivity contribution is -0.304. The lowest BCUT2D eigenvalue weighted by atomic mass is 9.79. The number of carbonyl (C=O) groups is 2. The second kappa shape index (κ2) is 19.5. The molecule has 0 bridgehead atoms. The van der Waals surface area contributed by atoms with Gasteiger partial charge >= 0.3 is 5.97 Å². The fourth-order valence-electron chi connectivity index (χ4n) is 7.36. The van der Waals surface area contributed by atoms with Crippen molar-refractivity contribution in [2.45, 2.75) is 129 Å². The third-order valence-electron chi connectivity index (χ3n) is 10.4. The van der Waals surface area contributed by atoms with Crippen LogP contribution in [-0.2, 0) is 23.8 Å². The molecule has 3 heterocycles. The Balaban J connectivity index is 2.02. The molecule has 0 aromatic heterocycles. The maximum absolute atomic E-state index is 13.5. The Morgan fingerprint density at radius 1 is 1.04 bits per heavy atom. The lowest BCUT2D eigenvalue weighted by Crippen LogP contribution is -2.63. The molecule has 2 fully saturated rings. The van der Waals surface area contributed by atoms with Crippen LogP contribution in [0.25, 0.3) is 0 Å². The van der Waals surface area contributed by atoms with Gasteiger partial charge in [-0.2, -0.15) is 0 Å². The molecule has 0 radical (unpaired) electrons. The highest BCUT2D eigenvalue weighted by atomic mass is 127. The van der Waals surface area contributed by atoms with Gasteiger partial charge in [0.1, 0.15) is 12.2 Å². The monoisotopic (exact) mass is 776 g/mol. The zero-order valence-electron chi connectivity index (χ0n) is 29.6. The standard InChI is InChI=1S/C36H61IN2O8/c1-8-30-27(21-37)18-22(2)12-13-28(40)23(3)19-26(14-17-39-15-10-9-11-16-39)35(24(4)29(41)20-31(42)46-30)47-36-34(44)32(38(6)7)33(43)25(5)45-36/h12-13,18,23-27,29-30,32-36,41,43-44H,8-11,14-17,19-21H2,1-7H3/b13-12+,22-18+/t23-,24+,25-,26+,27?,29-,30-,32+,33-,34-,35-,36+/m1/s1. The van der Waals surface area contributed by atoms with E-state index in [0.29, 0.717) is 19.3 Å². The van der Waals surface area contributed by atoms with Gasteiger partial charge in [0, 0.05) is 22.2 Å². The smallest absolute Gasteiger partial charge is 0.308 e. The number of carbonyl (C=O) groups excluding carboxylic acids is 2. The number of ketones is 1. The van der Waals surface area contributed by atoms with E-state index in [4.69, 9.17) is 14.2 Å². The average molecular weight is 777 g/mol. The Bertz CT molecular complexity index is 1050. The molecule has 0 aromatic rings. The molecular formula is C36H61IN2O8. The minimum absolute atomic E-state index is 0.0163. The molecule has 3 aliphatic heterocycles. The number of nitrogens with zero attached hydrogens (tertiary/aromatic N) is 2. The van der Waals surface area contributed by atoms with Crippen LogP contribution in [0.3, 0.4) is 0 Å². The van der Waals surface area contributed by atoms with Crippen molar-refractivity contribution in [2.24, 2.45) is 23.7 Å². The van der Waals surface area contributed by atoms with E-state index in [-0.39, 0.29) is 36.1 Å². The van der Waals surface area contributed by atoms with Crippen molar-refractivity contribution in [2.75, 3.05) is 38.2 Å². The van der Waals surface area contributed by atoms with Crippen LogP contribution in [0.15, 0.2) is 23.8 Å². The summed E-state index contributed by atoms with van der Waals surface area (Å²) in [5.74, 6) is -1.57. The normalized spacial score (nSPS) is 40.9. The number of likely N-dealkylation sites (tertiary alicyclic amines) is 1. The van der Waals surface area contributed by atoms with Gasteiger partial charge in [0.25, 0.3) is 0 Å². The lowest BCUT2D eigenvalue weighted by Gasteiger charge is -2.47. The average Bonchev–Trinajstić information content (AvgIpc) is 3.04. The molecule has 1 unspecified atom stereocenters. The summed E-state index contributed by atoms with van der Waals surface area (Å²) in [5.41, 5.74) is 0.931. The third kappa shape index (κ3) is 11.6. The van der Waals surface area contributed by atoms with Crippen molar-refractivity contribution < 1.29 is 39.1 Å². The molecule has 0 aliphatic carbocycles. The summed E-state index contributed by atoms with van der Waals surface area (Å²) in [6, 6.07) is -0.629. The van der Waals surface area contributed by atoms with Gasteiger partial charge in [-0.1, -0.05) is 67.5 Å². The highest BCUT2D eigenvalue weighted by molar-refractivity contribution is 14.1. The van der Waals surface area contributed by atoms with Gasteiger partial charge < -0.3 is 39.3 Å². The molecule has 3 aliphatic rings. The summed E-state index contributed by atoms with van der Waals surface area (Å²) >= 11 is 2.29. The van der Waals surface area contributed by atoms with Gasteiger partial charge in [0.15, 0.2) is 12.1 Å². The number of aliphatic hydroxyl groups excluding tert-OH is 3. The second-order valence-corrected chi connectivity index (χ2v) is 15.2. The SMILES string of the molecule is CC[C@H]1OC(=O)C[C@@H](O)[C@H](C)[C@@H](O[C@@H]2O[C@H](C)[C@@H](O)[C@H](N(C)C)[C@H]2O)[C@@H](CCN2CCCCC2)C[C@@H](C)C(=O)/C=C/C(C)=C/C1CI. The van der Waals surface area contributed by atoms with E-state index in [0.717, 1.165) is 42.5 Å². The number of halogens is 1. The molecule has 270 valence electrons. The summed E-state index contributed by atoms with van der Waals surface area (Å²) in [5, 5.41) is 33.9. The molecule has 3 N–H and O–H groups in total. The molecule has 3 rings (SSSR count). The minimum atomic E-state index is -1.17. The maximum Gasteiger partial charge on any atom is 0.308 e. The van der Waals surface area contributed by atoms with E-state index in [1.54, 1.807) is 32.0 Å². The van der Waals surface area contributed by atoms with Gasteiger partial charge in [0.2, 0.25) is 0 Å². The van der Waals surface area contributed by atoms with Gasteiger partial charge in [-0.05, 0) is 91.7 Å². The fraction of sp³-hybridized carbons (Fsp3) is 0.833. The van der Waals surface area contributed by atoms with Crippen LogP contribution in [0.1, 0.15) is 79.6 Å². The minimum Gasteiger partial charge on any atom is -0.462 e. The third-order valence-corrected chi connectivity index (χ3v) is 11.4. The number of allylic oxidation sites excluding steroid dienone is 3. The number of hydrogen-bond acceptors (Lipinski definition) is 10. The molecule has 0 amide bonds. The van der Waals surface area contributed by atoms with Crippen molar-refractivity contribution in [3.8, 4) is 0 Å². The van der Waals surface area contributed by atoms with Gasteiger partial charge in [0.05, 0.1) is 36.9 Å². The van der Waals surface area contributed by atoms with Crippen LogP contribution >= 0.6 is 22.6 Å². The predicted molar refractivity (Wildman–Crippen MR) is 191 cm³/mol. The van der Waals surface area contributed by atoms with Crippen LogP contribution < -0.4 is 0 Å². The number of likely N-dealkylation sites (N-methyl/N-ethyl adjacent to an activating group) is 1. The van der Waals surface area contributed by atoms with E-state index in [1.165, 1.54) is 6.42 Å². The Hall–Kier alpha value is -0.930. The highest BCUT2D eigenvalue weighted by Crippen LogP contribution is 2.35. The first-order valence-corrected chi connectivity index (χ1v) is 19.2.